The van der Waals surface area contributed by atoms with Crippen molar-refractivity contribution in [2.75, 3.05) is 0 Å². The molecule has 0 spiro atoms. The third-order valence-corrected chi connectivity index (χ3v) is 2.00. The molecular formula is C12H14KO-. The van der Waals surface area contributed by atoms with Crippen molar-refractivity contribution in [1.82, 2.24) is 0 Å². The second-order valence-electron chi connectivity index (χ2n) is 4.13. The van der Waals surface area contributed by atoms with Gasteiger partial charge in [-0.25, -0.2) is 0 Å². The van der Waals surface area contributed by atoms with E-state index in [4.69, 9.17) is 0 Å². The zero-order valence-electron chi connectivity index (χ0n) is 9.35. The number of benzene rings is 1. The molecule has 1 rings (SSSR count). The Morgan fingerprint density at radius 1 is 1.43 bits per heavy atom. The van der Waals surface area contributed by atoms with Gasteiger partial charge in [0.05, 0.1) is 0 Å². The third kappa shape index (κ3) is 3.95. The molecule has 0 aliphatic rings. The van der Waals surface area contributed by atoms with E-state index in [9.17, 15) is 4.79 Å². The van der Waals surface area contributed by atoms with Crippen molar-refractivity contribution in [3.8, 4) is 0 Å². The van der Waals surface area contributed by atoms with Gasteiger partial charge in [-0.1, -0.05) is 26.2 Å². The van der Waals surface area contributed by atoms with Crippen LogP contribution in [-0.2, 0) is 16.6 Å². The van der Waals surface area contributed by atoms with E-state index in [-0.39, 0.29) is 56.8 Å². The van der Waals surface area contributed by atoms with Gasteiger partial charge in [-0.05, 0) is 0 Å². The molecule has 0 heterocycles. The van der Waals surface area contributed by atoms with Crippen LogP contribution < -0.4 is 51.4 Å². The van der Waals surface area contributed by atoms with Gasteiger partial charge in [0.1, 0.15) is 0 Å². The minimum Gasteiger partial charge on any atom is -0.542 e. The monoisotopic (exact) mass is 213 g/mol. The summed E-state index contributed by atoms with van der Waals surface area (Å²) < 4.78 is 0. The number of hydrogen-bond acceptors (Lipinski definition) is 1. The second kappa shape index (κ2) is 6.18. The van der Waals surface area contributed by atoms with E-state index in [0.717, 1.165) is 5.56 Å². The standard InChI is InChI=1S/C12H14O.K/c1-12(2,3)11-7-5-4-6-10(11)8-9-13;/h4-5,7H,8H2,1-3H3;/q-2;+1. The first-order chi connectivity index (χ1) is 6.05. The van der Waals surface area contributed by atoms with Crippen molar-refractivity contribution < 1.29 is 56.2 Å². The first-order valence-electron chi connectivity index (χ1n) is 4.41. The largest absolute Gasteiger partial charge is 1.00 e. The SMILES string of the molecule is CC(C)(C)c1ccc[c-]c1C[C-]=O.[K+]. The van der Waals surface area contributed by atoms with Crippen molar-refractivity contribution in [3.63, 3.8) is 0 Å². The molecule has 0 atom stereocenters. The van der Waals surface area contributed by atoms with E-state index in [1.54, 1.807) is 0 Å². The number of rotatable bonds is 2. The maximum atomic E-state index is 10.3. The minimum absolute atomic E-state index is 0. The van der Waals surface area contributed by atoms with Gasteiger partial charge in [-0.3, -0.25) is 6.29 Å². The molecule has 1 aromatic carbocycles. The molecule has 14 heavy (non-hydrogen) atoms. The van der Waals surface area contributed by atoms with Crippen LogP contribution in [0.2, 0.25) is 0 Å². The molecule has 0 aromatic heterocycles. The van der Waals surface area contributed by atoms with E-state index >= 15 is 0 Å². The van der Waals surface area contributed by atoms with E-state index in [1.807, 2.05) is 24.5 Å². The molecule has 1 nitrogen and oxygen atoms in total. The Morgan fingerprint density at radius 3 is 2.57 bits per heavy atom. The van der Waals surface area contributed by atoms with Gasteiger partial charge < -0.3 is 4.79 Å². The number of carbonyl (C=O) groups excluding carboxylic acids is 1. The molecule has 0 aliphatic carbocycles. The molecule has 1 aromatic rings. The summed E-state index contributed by atoms with van der Waals surface area (Å²) >= 11 is 0. The van der Waals surface area contributed by atoms with Gasteiger partial charge >= 0.3 is 51.4 Å². The van der Waals surface area contributed by atoms with Crippen LogP contribution in [0.25, 0.3) is 0 Å². The summed E-state index contributed by atoms with van der Waals surface area (Å²) in [5.74, 6) is 0. The summed E-state index contributed by atoms with van der Waals surface area (Å²) in [6.07, 6.45) is 2.26. The fraction of sp³-hybridized carbons (Fsp3) is 0.417. The van der Waals surface area contributed by atoms with Crippen LogP contribution in [0.1, 0.15) is 31.9 Å². The third-order valence-electron chi connectivity index (χ3n) is 2.00. The van der Waals surface area contributed by atoms with Crippen LogP contribution in [0, 0.1) is 6.07 Å². The van der Waals surface area contributed by atoms with E-state index < -0.39 is 0 Å². The minimum atomic E-state index is 0. The van der Waals surface area contributed by atoms with Crippen molar-refractivity contribution in [2.45, 2.75) is 32.6 Å². The Balaban J connectivity index is 0.00000169. The Labute approximate surface area is 129 Å². The summed E-state index contributed by atoms with van der Waals surface area (Å²) in [7, 11) is 0. The van der Waals surface area contributed by atoms with Crippen LogP contribution in [0.3, 0.4) is 0 Å². The van der Waals surface area contributed by atoms with Crippen LogP contribution in [0.15, 0.2) is 18.2 Å². The molecule has 70 valence electrons. The van der Waals surface area contributed by atoms with Crippen molar-refractivity contribution in [1.29, 1.82) is 0 Å². The number of hydrogen-bond donors (Lipinski definition) is 0. The molecule has 0 fully saturated rings. The average Bonchev–Trinajstić information content (AvgIpc) is 2.04. The predicted octanol–water partition coefficient (Wildman–Crippen LogP) is -0.560. The van der Waals surface area contributed by atoms with Gasteiger partial charge in [0.2, 0.25) is 0 Å². The maximum absolute atomic E-state index is 10.3. The van der Waals surface area contributed by atoms with Gasteiger partial charge in [-0.15, -0.1) is 12.0 Å². The first kappa shape index (κ1) is 14.5. The average molecular weight is 213 g/mol. The Hall–Kier alpha value is 0.526. The van der Waals surface area contributed by atoms with E-state index in [0.29, 0.717) is 6.42 Å². The zero-order valence-corrected chi connectivity index (χ0v) is 12.5. The van der Waals surface area contributed by atoms with Gasteiger partial charge in [-0.2, -0.15) is 29.8 Å². The van der Waals surface area contributed by atoms with Crippen molar-refractivity contribution in [3.05, 3.63) is 35.4 Å². The van der Waals surface area contributed by atoms with Crippen molar-refractivity contribution >= 4 is 6.29 Å². The molecule has 0 radical (unpaired) electrons. The smallest absolute Gasteiger partial charge is 0.542 e. The van der Waals surface area contributed by atoms with Crippen LogP contribution in [-0.4, -0.2) is 6.29 Å². The van der Waals surface area contributed by atoms with Gasteiger partial charge in [0.15, 0.2) is 0 Å². The summed E-state index contributed by atoms with van der Waals surface area (Å²) in [5.41, 5.74) is 2.22. The van der Waals surface area contributed by atoms with Crippen LogP contribution in [0.5, 0.6) is 0 Å². The summed E-state index contributed by atoms with van der Waals surface area (Å²) in [6, 6.07) is 8.92. The van der Waals surface area contributed by atoms with Crippen LogP contribution in [0.4, 0.5) is 0 Å². The molecule has 0 amide bonds. The first-order valence-corrected chi connectivity index (χ1v) is 4.41. The molecular weight excluding hydrogens is 199 g/mol. The van der Waals surface area contributed by atoms with Gasteiger partial charge in [0.25, 0.3) is 0 Å². The van der Waals surface area contributed by atoms with Crippen LogP contribution >= 0.6 is 0 Å². The van der Waals surface area contributed by atoms with E-state index in [1.165, 1.54) is 5.56 Å². The summed E-state index contributed by atoms with van der Waals surface area (Å²) in [5, 5.41) is 0. The molecule has 2 heteroatoms. The molecule has 0 aliphatic heterocycles. The molecule has 0 bridgehead atoms. The fourth-order valence-electron chi connectivity index (χ4n) is 1.39. The normalized spacial score (nSPS) is 10.5. The second-order valence-corrected chi connectivity index (χ2v) is 4.13. The molecule has 0 saturated heterocycles. The Morgan fingerprint density at radius 2 is 2.07 bits per heavy atom. The molecule has 0 N–H and O–H groups in total. The predicted molar refractivity (Wildman–Crippen MR) is 53.4 cm³/mol. The summed E-state index contributed by atoms with van der Waals surface area (Å²) in [6.45, 7) is 6.39. The quantitative estimate of drug-likeness (QED) is 0.475. The van der Waals surface area contributed by atoms with E-state index in [2.05, 4.69) is 26.8 Å². The van der Waals surface area contributed by atoms with Gasteiger partial charge in [0, 0.05) is 0 Å². The Kier molecular flexibility index (Phi) is 6.42. The molecule has 0 saturated carbocycles. The topological polar surface area (TPSA) is 17.1 Å². The maximum Gasteiger partial charge on any atom is 1.00 e. The summed E-state index contributed by atoms with van der Waals surface area (Å²) in [4.78, 5) is 10.3. The van der Waals surface area contributed by atoms with Crippen molar-refractivity contribution in [2.24, 2.45) is 0 Å². The zero-order chi connectivity index (χ0) is 9.90. The molecule has 0 unspecified atom stereocenters. The Bertz CT molecular complexity index is 299. The fourth-order valence-corrected chi connectivity index (χ4v) is 1.39.